The summed E-state index contributed by atoms with van der Waals surface area (Å²) in [5.41, 5.74) is 3.17. The molecule has 0 bridgehead atoms. The van der Waals surface area contributed by atoms with Crippen LogP contribution in [0.15, 0.2) is 54.6 Å². The molecule has 0 radical (unpaired) electrons. The van der Waals surface area contributed by atoms with E-state index in [-0.39, 0.29) is 13.2 Å². The summed E-state index contributed by atoms with van der Waals surface area (Å²) in [4.78, 5) is 7.03. The fourth-order valence-corrected chi connectivity index (χ4v) is 3.71. The first kappa shape index (κ1) is 22.9. The Balaban J connectivity index is 1.70. The molecule has 0 aliphatic heterocycles. The predicted octanol–water partition coefficient (Wildman–Crippen LogP) is 4.02. The monoisotopic (exact) mass is 420 g/mol. The number of aryl methyl sites for hydroxylation is 1. The standard InChI is InChI=1S/C26H32N2O3/c1-31-24-13-10-21(11-14-24)9-12-23-20-22-6-2-3-7-25(22)26(27-23)8-4-5-15-28(16-18-29)17-19-30/h2-3,6-7,9-14,20,29-30H,4-5,8,15-19H2,1H3/b12-9+. The minimum Gasteiger partial charge on any atom is -0.497 e. The fraction of sp³-hybridized carbons (Fsp3) is 0.346. The van der Waals surface area contributed by atoms with E-state index in [1.807, 2.05) is 24.3 Å². The molecule has 2 aromatic carbocycles. The summed E-state index contributed by atoms with van der Waals surface area (Å²) in [7, 11) is 1.67. The highest BCUT2D eigenvalue weighted by molar-refractivity contribution is 5.87. The van der Waals surface area contributed by atoms with Crippen LogP contribution in [-0.2, 0) is 6.42 Å². The van der Waals surface area contributed by atoms with Crippen molar-refractivity contribution < 1.29 is 14.9 Å². The molecular weight excluding hydrogens is 388 g/mol. The molecule has 5 nitrogen and oxygen atoms in total. The van der Waals surface area contributed by atoms with Crippen molar-refractivity contribution in [1.82, 2.24) is 9.88 Å². The van der Waals surface area contributed by atoms with Crippen molar-refractivity contribution in [3.05, 3.63) is 71.5 Å². The van der Waals surface area contributed by atoms with E-state index in [0.717, 1.165) is 48.5 Å². The molecule has 0 atom stereocenters. The van der Waals surface area contributed by atoms with Gasteiger partial charge in [-0.25, -0.2) is 0 Å². The Morgan fingerprint density at radius 3 is 2.35 bits per heavy atom. The Morgan fingerprint density at radius 2 is 1.65 bits per heavy atom. The average Bonchev–Trinajstić information content (AvgIpc) is 2.81. The van der Waals surface area contributed by atoms with Gasteiger partial charge >= 0.3 is 0 Å². The normalized spacial score (nSPS) is 11.6. The van der Waals surface area contributed by atoms with Gasteiger partial charge in [0.05, 0.1) is 26.0 Å². The molecular formula is C26H32N2O3. The van der Waals surface area contributed by atoms with Crippen molar-refractivity contribution in [3.8, 4) is 5.75 Å². The number of nitrogens with zero attached hydrogens (tertiary/aromatic N) is 2. The number of hydrogen-bond donors (Lipinski definition) is 2. The van der Waals surface area contributed by atoms with Crippen LogP contribution in [0.25, 0.3) is 22.9 Å². The number of ether oxygens (including phenoxy) is 1. The molecule has 0 aliphatic carbocycles. The number of benzene rings is 2. The minimum absolute atomic E-state index is 0.120. The van der Waals surface area contributed by atoms with E-state index in [2.05, 4.69) is 47.4 Å². The van der Waals surface area contributed by atoms with Crippen molar-refractivity contribution in [2.75, 3.05) is 40.0 Å². The van der Waals surface area contributed by atoms with Gasteiger partial charge in [-0.1, -0.05) is 42.5 Å². The van der Waals surface area contributed by atoms with Gasteiger partial charge < -0.3 is 14.9 Å². The van der Waals surface area contributed by atoms with E-state index in [4.69, 9.17) is 19.9 Å². The van der Waals surface area contributed by atoms with Crippen molar-refractivity contribution in [1.29, 1.82) is 0 Å². The first-order valence-electron chi connectivity index (χ1n) is 10.9. The Morgan fingerprint density at radius 1 is 0.903 bits per heavy atom. The van der Waals surface area contributed by atoms with E-state index in [1.165, 1.54) is 10.8 Å². The second-order valence-electron chi connectivity index (χ2n) is 7.57. The summed E-state index contributed by atoms with van der Waals surface area (Å²) in [6.07, 6.45) is 7.04. The number of aliphatic hydroxyl groups is 2. The lowest BCUT2D eigenvalue weighted by Gasteiger charge is -2.19. The second-order valence-corrected chi connectivity index (χ2v) is 7.57. The van der Waals surface area contributed by atoms with Crippen LogP contribution in [0, 0.1) is 0 Å². The van der Waals surface area contributed by atoms with Gasteiger partial charge in [0.2, 0.25) is 0 Å². The van der Waals surface area contributed by atoms with E-state index in [9.17, 15) is 0 Å². The lowest BCUT2D eigenvalue weighted by atomic mass is 10.0. The van der Waals surface area contributed by atoms with E-state index >= 15 is 0 Å². The molecule has 1 aromatic heterocycles. The van der Waals surface area contributed by atoms with Crippen LogP contribution in [0.5, 0.6) is 5.75 Å². The molecule has 0 saturated carbocycles. The van der Waals surface area contributed by atoms with Crippen LogP contribution in [0.3, 0.4) is 0 Å². The van der Waals surface area contributed by atoms with Gasteiger partial charge in [-0.2, -0.15) is 0 Å². The third-order valence-electron chi connectivity index (χ3n) is 5.37. The number of aromatic nitrogens is 1. The molecule has 1 heterocycles. The molecule has 0 fully saturated rings. The molecule has 0 unspecified atom stereocenters. The van der Waals surface area contributed by atoms with Crippen molar-refractivity contribution in [2.45, 2.75) is 19.3 Å². The van der Waals surface area contributed by atoms with Crippen molar-refractivity contribution in [2.24, 2.45) is 0 Å². The van der Waals surface area contributed by atoms with Gasteiger partial charge in [-0.05, 0) is 61.0 Å². The van der Waals surface area contributed by atoms with Gasteiger partial charge in [0, 0.05) is 24.2 Å². The summed E-state index contributed by atoms with van der Waals surface area (Å²) >= 11 is 0. The molecule has 164 valence electrons. The van der Waals surface area contributed by atoms with Crippen LogP contribution < -0.4 is 4.74 Å². The smallest absolute Gasteiger partial charge is 0.118 e. The van der Waals surface area contributed by atoms with Crippen molar-refractivity contribution >= 4 is 22.9 Å². The zero-order valence-corrected chi connectivity index (χ0v) is 18.2. The summed E-state index contributed by atoms with van der Waals surface area (Å²) in [6, 6.07) is 18.5. The Bertz CT molecular complexity index is 964. The van der Waals surface area contributed by atoms with Gasteiger partial charge in [0.25, 0.3) is 0 Å². The number of fused-ring (bicyclic) bond motifs is 1. The topological polar surface area (TPSA) is 65.8 Å². The highest BCUT2D eigenvalue weighted by Gasteiger charge is 2.07. The number of unbranched alkanes of at least 4 members (excludes halogenated alkanes) is 1. The second kappa shape index (κ2) is 12.2. The zero-order valence-electron chi connectivity index (χ0n) is 18.2. The number of pyridine rings is 1. The molecule has 0 saturated heterocycles. The molecule has 3 aromatic rings. The first-order chi connectivity index (χ1) is 15.2. The zero-order chi connectivity index (χ0) is 21.9. The number of aliphatic hydroxyl groups excluding tert-OH is 2. The molecule has 2 N–H and O–H groups in total. The molecule has 3 rings (SSSR count). The Kier molecular flexibility index (Phi) is 9.03. The molecule has 0 aliphatic rings. The highest BCUT2D eigenvalue weighted by atomic mass is 16.5. The summed E-state index contributed by atoms with van der Waals surface area (Å²) in [6.45, 7) is 2.32. The van der Waals surface area contributed by atoms with Crippen LogP contribution in [-0.4, -0.2) is 60.1 Å². The van der Waals surface area contributed by atoms with Crippen LogP contribution in [0.4, 0.5) is 0 Å². The van der Waals surface area contributed by atoms with E-state index in [0.29, 0.717) is 13.1 Å². The summed E-state index contributed by atoms with van der Waals surface area (Å²) in [5.74, 6) is 0.847. The van der Waals surface area contributed by atoms with Crippen molar-refractivity contribution in [3.63, 3.8) is 0 Å². The van der Waals surface area contributed by atoms with Gasteiger partial charge in [-0.3, -0.25) is 9.88 Å². The van der Waals surface area contributed by atoms with E-state index < -0.39 is 0 Å². The molecule has 0 amide bonds. The van der Waals surface area contributed by atoms with Crippen LogP contribution >= 0.6 is 0 Å². The summed E-state index contributed by atoms with van der Waals surface area (Å²) < 4.78 is 5.22. The first-order valence-corrected chi connectivity index (χ1v) is 10.9. The molecule has 5 heteroatoms. The SMILES string of the molecule is COc1ccc(/C=C/c2cc3ccccc3c(CCCCN(CCO)CCO)n2)cc1. The quantitative estimate of drug-likeness (QED) is 0.433. The Hall–Kier alpha value is -2.73. The number of methoxy groups -OCH3 is 1. The van der Waals surface area contributed by atoms with Crippen LogP contribution in [0.2, 0.25) is 0 Å². The van der Waals surface area contributed by atoms with Gasteiger partial charge in [-0.15, -0.1) is 0 Å². The molecule has 31 heavy (non-hydrogen) atoms. The third-order valence-corrected chi connectivity index (χ3v) is 5.37. The predicted molar refractivity (Wildman–Crippen MR) is 127 cm³/mol. The lowest BCUT2D eigenvalue weighted by molar-refractivity contribution is 0.159. The van der Waals surface area contributed by atoms with Crippen LogP contribution in [0.1, 0.15) is 29.8 Å². The largest absolute Gasteiger partial charge is 0.497 e. The maximum Gasteiger partial charge on any atom is 0.118 e. The highest BCUT2D eigenvalue weighted by Crippen LogP contribution is 2.22. The van der Waals surface area contributed by atoms with Gasteiger partial charge in [0.1, 0.15) is 5.75 Å². The van der Waals surface area contributed by atoms with E-state index in [1.54, 1.807) is 7.11 Å². The Labute approximate surface area is 184 Å². The summed E-state index contributed by atoms with van der Waals surface area (Å²) in [5, 5.41) is 20.7. The average molecular weight is 421 g/mol. The maximum absolute atomic E-state index is 9.16. The fourth-order valence-electron chi connectivity index (χ4n) is 3.71. The molecule has 0 spiro atoms. The minimum atomic E-state index is 0.120. The van der Waals surface area contributed by atoms with Gasteiger partial charge in [0.15, 0.2) is 0 Å². The third kappa shape index (κ3) is 6.89. The maximum atomic E-state index is 9.16. The lowest BCUT2D eigenvalue weighted by Crippen LogP contribution is -2.30. The number of rotatable bonds is 12. The number of hydrogen-bond acceptors (Lipinski definition) is 5.